The fraction of sp³-hybridized carbons (Fsp3) is 0.583. The minimum absolute atomic E-state index is 0.208. The molecule has 92 valence electrons. The van der Waals surface area contributed by atoms with E-state index in [9.17, 15) is 4.79 Å². The van der Waals surface area contributed by atoms with Crippen molar-refractivity contribution < 1.29 is 4.79 Å². The summed E-state index contributed by atoms with van der Waals surface area (Å²) in [4.78, 5) is 22.1. The minimum atomic E-state index is 0.208. The summed E-state index contributed by atoms with van der Waals surface area (Å²) >= 11 is 0. The maximum Gasteiger partial charge on any atom is 0.223 e. The monoisotopic (exact) mass is 234 g/mol. The molecule has 5 heteroatoms. The highest BCUT2D eigenvalue weighted by Gasteiger charge is 2.21. The minimum Gasteiger partial charge on any atom is -0.370 e. The maximum atomic E-state index is 11.5. The van der Waals surface area contributed by atoms with Gasteiger partial charge in [0, 0.05) is 31.3 Å². The fourth-order valence-electron chi connectivity index (χ4n) is 2.01. The predicted molar refractivity (Wildman–Crippen MR) is 65.6 cm³/mol. The number of amides is 1. The van der Waals surface area contributed by atoms with Crippen molar-refractivity contribution in [2.75, 3.05) is 18.4 Å². The molecule has 17 heavy (non-hydrogen) atoms. The Hall–Kier alpha value is -1.65. The van der Waals surface area contributed by atoms with Gasteiger partial charge in [0.05, 0.1) is 6.54 Å². The standard InChI is InChI=1S/C12H18N4O/c1-3-13-10-7-9(2)14-11(15-10)8-16-6-4-5-12(16)17/h7H,3-6,8H2,1-2H3,(H,13,14,15). The Balaban J connectivity index is 2.11. The quantitative estimate of drug-likeness (QED) is 0.854. The normalized spacial score (nSPS) is 15.4. The Morgan fingerprint density at radius 2 is 2.29 bits per heavy atom. The largest absolute Gasteiger partial charge is 0.370 e. The smallest absolute Gasteiger partial charge is 0.223 e. The predicted octanol–water partition coefficient (Wildman–Crippen LogP) is 1.34. The van der Waals surface area contributed by atoms with Crippen LogP contribution in [0.15, 0.2) is 6.07 Å². The first kappa shape index (κ1) is 11.8. The van der Waals surface area contributed by atoms with Crippen LogP contribution in [-0.2, 0) is 11.3 Å². The molecule has 0 bridgehead atoms. The molecule has 1 aliphatic heterocycles. The van der Waals surface area contributed by atoms with Crippen molar-refractivity contribution in [2.24, 2.45) is 0 Å². The summed E-state index contributed by atoms with van der Waals surface area (Å²) in [7, 11) is 0. The number of nitrogens with one attached hydrogen (secondary N) is 1. The van der Waals surface area contributed by atoms with Crippen molar-refractivity contribution in [1.29, 1.82) is 0 Å². The Bertz CT molecular complexity index is 419. The number of rotatable bonds is 4. The highest BCUT2D eigenvalue weighted by atomic mass is 16.2. The van der Waals surface area contributed by atoms with E-state index in [1.165, 1.54) is 0 Å². The molecule has 1 amide bonds. The van der Waals surface area contributed by atoms with Gasteiger partial charge in [0.25, 0.3) is 0 Å². The second kappa shape index (κ2) is 5.12. The van der Waals surface area contributed by atoms with E-state index < -0.39 is 0 Å². The fourth-order valence-corrected chi connectivity index (χ4v) is 2.01. The van der Waals surface area contributed by atoms with Crippen LogP contribution in [-0.4, -0.2) is 33.9 Å². The van der Waals surface area contributed by atoms with E-state index in [1.807, 2.05) is 24.8 Å². The molecule has 0 atom stereocenters. The molecule has 0 aromatic carbocycles. The second-order valence-corrected chi connectivity index (χ2v) is 4.26. The molecule has 0 radical (unpaired) electrons. The van der Waals surface area contributed by atoms with Gasteiger partial charge in [0.2, 0.25) is 5.91 Å². The average molecular weight is 234 g/mol. The van der Waals surface area contributed by atoms with E-state index >= 15 is 0 Å². The third kappa shape index (κ3) is 2.93. The first-order chi connectivity index (χ1) is 8.19. The molecule has 0 unspecified atom stereocenters. The summed E-state index contributed by atoms with van der Waals surface area (Å²) in [6.07, 6.45) is 1.61. The maximum absolute atomic E-state index is 11.5. The number of carbonyl (C=O) groups is 1. The van der Waals surface area contributed by atoms with E-state index in [2.05, 4.69) is 15.3 Å². The second-order valence-electron chi connectivity index (χ2n) is 4.26. The lowest BCUT2D eigenvalue weighted by Gasteiger charge is -2.15. The van der Waals surface area contributed by atoms with Crippen LogP contribution in [0.4, 0.5) is 5.82 Å². The molecule has 0 saturated carbocycles. The number of hydrogen-bond donors (Lipinski definition) is 1. The number of nitrogens with zero attached hydrogens (tertiary/aromatic N) is 3. The van der Waals surface area contributed by atoms with Crippen LogP contribution in [0.1, 0.15) is 31.3 Å². The van der Waals surface area contributed by atoms with E-state index in [0.29, 0.717) is 13.0 Å². The Labute approximate surface area is 101 Å². The Morgan fingerprint density at radius 1 is 1.47 bits per heavy atom. The van der Waals surface area contributed by atoms with Gasteiger partial charge < -0.3 is 10.2 Å². The number of aryl methyl sites for hydroxylation is 1. The van der Waals surface area contributed by atoms with Gasteiger partial charge in [-0.3, -0.25) is 4.79 Å². The molecule has 2 rings (SSSR count). The van der Waals surface area contributed by atoms with Crippen molar-refractivity contribution in [2.45, 2.75) is 33.2 Å². The summed E-state index contributed by atoms with van der Waals surface area (Å²) in [5, 5.41) is 3.17. The molecule has 1 fully saturated rings. The molecule has 2 heterocycles. The van der Waals surface area contributed by atoms with Crippen molar-refractivity contribution >= 4 is 11.7 Å². The van der Waals surface area contributed by atoms with Crippen LogP contribution in [0.5, 0.6) is 0 Å². The third-order valence-corrected chi connectivity index (χ3v) is 2.76. The summed E-state index contributed by atoms with van der Waals surface area (Å²) in [6.45, 7) is 6.16. The number of anilines is 1. The lowest BCUT2D eigenvalue weighted by molar-refractivity contribution is -0.128. The van der Waals surface area contributed by atoms with Gasteiger partial charge in [-0.1, -0.05) is 0 Å². The van der Waals surface area contributed by atoms with Crippen molar-refractivity contribution in [1.82, 2.24) is 14.9 Å². The number of likely N-dealkylation sites (tertiary alicyclic amines) is 1. The van der Waals surface area contributed by atoms with Gasteiger partial charge in [-0.05, 0) is 20.3 Å². The van der Waals surface area contributed by atoms with E-state index in [0.717, 1.165) is 36.8 Å². The van der Waals surface area contributed by atoms with E-state index in [-0.39, 0.29) is 5.91 Å². The van der Waals surface area contributed by atoms with Gasteiger partial charge in [-0.2, -0.15) is 0 Å². The van der Waals surface area contributed by atoms with Gasteiger partial charge in [0.1, 0.15) is 11.6 Å². The molecular weight excluding hydrogens is 216 g/mol. The molecule has 1 N–H and O–H groups in total. The highest BCUT2D eigenvalue weighted by molar-refractivity contribution is 5.77. The zero-order valence-electron chi connectivity index (χ0n) is 10.4. The molecule has 1 aliphatic rings. The molecule has 0 spiro atoms. The van der Waals surface area contributed by atoms with E-state index in [1.54, 1.807) is 0 Å². The van der Waals surface area contributed by atoms with Gasteiger partial charge >= 0.3 is 0 Å². The summed E-state index contributed by atoms with van der Waals surface area (Å²) in [5.41, 5.74) is 0.928. The number of hydrogen-bond acceptors (Lipinski definition) is 4. The summed E-state index contributed by atoms with van der Waals surface area (Å²) in [5.74, 6) is 1.76. The van der Waals surface area contributed by atoms with E-state index in [4.69, 9.17) is 0 Å². The van der Waals surface area contributed by atoms with Crippen LogP contribution >= 0.6 is 0 Å². The Kier molecular flexibility index (Phi) is 3.56. The summed E-state index contributed by atoms with van der Waals surface area (Å²) < 4.78 is 0. The lowest BCUT2D eigenvalue weighted by Crippen LogP contribution is -2.25. The first-order valence-electron chi connectivity index (χ1n) is 6.05. The zero-order valence-corrected chi connectivity index (χ0v) is 10.4. The molecule has 0 aliphatic carbocycles. The summed E-state index contributed by atoms with van der Waals surface area (Å²) in [6, 6.07) is 1.92. The lowest BCUT2D eigenvalue weighted by atomic mass is 10.4. The molecule has 1 aromatic heterocycles. The average Bonchev–Trinajstić information content (AvgIpc) is 2.64. The number of aromatic nitrogens is 2. The van der Waals surface area contributed by atoms with Crippen LogP contribution in [0.3, 0.4) is 0 Å². The third-order valence-electron chi connectivity index (χ3n) is 2.76. The van der Waals surface area contributed by atoms with Crippen LogP contribution in [0.2, 0.25) is 0 Å². The van der Waals surface area contributed by atoms with Gasteiger partial charge in [0.15, 0.2) is 0 Å². The molecular formula is C12H18N4O. The molecule has 5 nitrogen and oxygen atoms in total. The van der Waals surface area contributed by atoms with Gasteiger partial charge in [-0.15, -0.1) is 0 Å². The Morgan fingerprint density at radius 3 is 2.94 bits per heavy atom. The highest BCUT2D eigenvalue weighted by Crippen LogP contribution is 2.14. The molecule has 1 saturated heterocycles. The SMILES string of the molecule is CCNc1cc(C)nc(CN2CCCC2=O)n1. The van der Waals surface area contributed by atoms with Gasteiger partial charge in [-0.25, -0.2) is 9.97 Å². The molecule has 1 aromatic rings. The van der Waals surface area contributed by atoms with Crippen LogP contribution < -0.4 is 5.32 Å². The van der Waals surface area contributed by atoms with Crippen molar-refractivity contribution in [3.05, 3.63) is 17.6 Å². The first-order valence-corrected chi connectivity index (χ1v) is 6.05. The van der Waals surface area contributed by atoms with Crippen LogP contribution in [0, 0.1) is 6.92 Å². The topological polar surface area (TPSA) is 58.1 Å². The van der Waals surface area contributed by atoms with Crippen molar-refractivity contribution in [3.63, 3.8) is 0 Å². The van der Waals surface area contributed by atoms with Crippen molar-refractivity contribution in [3.8, 4) is 0 Å². The van der Waals surface area contributed by atoms with Crippen LogP contribution in [0.25, 0.3) is 0 Å². The number of carbonyl (C=O) groups excluding carboxylic acids is 1. The zero-order chi connectivity index (χ0) is 12.3.